The van der Waals surface area contributed by atoms with Crippen LogP contribution in [0.2, 0.25) is 5.02 Å². The molecule has 0 amide bonds. The van der Waals surface area contributed by atoms with Crippen LogP contribution in [-0.4, -0.2) is 17.6 Å². The van der Waals surface area contributed by atoms with Gasteiger partial charge in [0, 0.05) is 11.4 Å². The molecular weight excluding hydrogens is 350 g/mol. The summed E-state index contributed by atoms with van der Waals surface area (Å²) in [5.41, 5.74) is 1.62. The van der Waals surface area contributed by atoms with Crippen LogP contribution in [0.3, 0.4) is 0 Å². The molecule has 0 radical (unpaired) electrons. The molecule has 0 N–H and O–H groups in total. The molecule has 1 aromatic carbocycles. The quantitative estimate of drug-likeness (QED) is 0.762. The van der Waals surface area contributed by atoms with Gasteiger partial charge in [0.1, 0.15) is 4.88 Å². The highest BCUT2D eigenvalue weighted by atomic mass is 79.9. The van der Waals surface area contributed by atoms with Gasteiger partial charge in [-0.1, -0.05) is 41.1 Å². The summed E-state index contributed by atoms with van der Waals surface area (Å²) in [6.07, 6.45) is 0.510. The zero-order chi connectivity index (χ0) is 13.8. The van der Waals surface area contributed by atoms with E-state index in [1.165, 1.54) is 11.3 Å². The Balaban J connectivity index is 2.30. The van der Waals surface area contributed by atoms with Gasteiger partial charge in [-0.25, -0.2) is 9.78 Å². The van der Waals surface area contributed by atoms with Crippen molar-refractivity contribution in [2.24, 2.45) is 0 Å². The van der Waals surface area contributed by atoms with E-state index in [0.717, 1.165) is 5.56 Å². The van der Waals surface area contributed by atoms with Gasteiger partial charge in [0.15, 0.2) is 3.92 Å². The van der Waals surface area contributed by atoms with Crippen molar-refractivity contribution >= 4 is 44.8 Å². The SMILES string of the molecule is CCOC(=O)c1sc(Br)nc1Cc1ccccc1Cl. The van der Waals surface area contributed by atoms with Crippen molar-refractivity contribution in [3.63, 3.8) is 0 Å². The Bertz CT molecular complexity index is 600. The Morgan fingerprint density at radius 2 is 2.21 bits per heavy atom. The molecule has 2 rings (SSSR count). The van der Waals surface area contributed by atoms with Gasteiger partial charge in [0.2, 0.25) is 0 Å². The third-order valence-corrected chi connectivity index (χ3v) is 4.35. The van der Waals surface area contributed by atoms with Crippen molar-refractivity contribution in [3.8, 4) is 0 Å². The van der Waals surface area contributed by atoms with E-state index in [9.17, 15) is 4.79 Å². The summed E-state index contributed by atoms with van der Waals surface area (Å²) in [4.78, 5) is 16.7. The van der Waals surface area contributed by atoms with E-state index in [2.05, 4.69) is 20.9 Å². The van der Waals surface area contributed by atoms with Gasteiger partial charge < -0.3 is 4.74 Å². The number of carbonyl (C=O) groups excluding carboxylic acids is 1. The van der Waals surface area contributed by atoms with E-state index in [0.29, 0.717) is 32.5 Å². The summed E-state index contributed by atoms with van der Waals surface area (Å²) in [7, 11) is 0. The molecular formula is C13H11BrClNO2S. The number of halogens is 2. The Morgan fingerprint density at radius 3 is 2.89 bits per heavy atom. The molecule has 0 spiro atoms. The molecule has 1 heterocycles. The van der Waals surface area contributed by atoms with Crippen molar-refractivity contribution in [2.75, 3.05) is 6.61 Å². The average Bonchev–Trinajstić information content (AvgIpc) is 2.74. The molecule has 3 nitrogen and oxygen atoms in total. The highest BCUT2D eigenvalue weighted by molar-refractivity contribution is 9.11. The summed E-state index contributed by atoms with van der Waals surface area (Å²) < 4.78 is 5.69. The molecule has 0 aliphatic heterocycles. The molecule has 0 unspecified atom stereocenters. The molecule has 1 aromatic heterocycles. The Labute approximate surface area is 128 Å². The van der Waals surface area contributed by atoms with E-state index >= 15 is 0 Å². The van der Waals surface area contributed by atoms with Gasteiger partial charge in [-0.15, -0.1) is 0 Å². The lowest BCUT2D eigenvalue weighted by Crippen LogP contribution is -2.06. The monoisotopic (exact) mass is 359 g/mol. The molecule has 6 heteroatoms. The molecule has 0 fully saturated rings. The average molecular weight is 361 g/mol. The summed E-state index contributed by atoms with van der Waals surface area (Å²) in [5, 5.41) is 0.668. The molecule has 0 aliphatic rings. The molecule has 0 saturated heterocycles. The summed E-state index contributed by atoms with van der Waals surface area (Å²) in [6, 6.07) is 7.52. The summed E-state index contributed by atoms with van der Waals surface area (Å²) in [5.74, 6) is -0.340. The standard InChI is InChI=1S/C13H11BrClNO2S/c1-2-18-12(17)11-10(16-13(14)19-11)7-8-5-3-4-6-9(8)15/h3-6H,2,7H2,1H3. The first-order chi connectivity index (χ1) is 9.11. The fourth-order valence-corrected chi connectivity index (χ4v) is 3.23. The predicted octanol–water partition coefficient (Wildman–Crippen LogP) is 4.33. The minimum absolute atomic E-state index is 0.340. The topological polar surface area (TPSA) is 39.2 Å². The fourth-order valence-electron chi connectivity index (χ4n) is 1.62. The third-order valence-electron chi connectivity index (χ3n) is 2.45. The largest absolute Gasteiger partial charge is 0.462 e. The number of benzene rings is 1. The maximum absolute atomic E-state index is 11.8. The minimum Gasteiger partial charge on any atom is -0.462 e. The van der Waals surface area contributed by atoms with Gasteiger partial charge in [-0.2, -0.15) is 0 Å². The van der Waals surface area contributed by atoms with Crippen molar-refractivity contribution in [2.45, 2.75) is 13.3 Å². The van der Waals surface area contributed by atoms with Crippen LogP contribution >= 0.6 is 38.9 Å². The zero-order valence-corrected chi connectivity index (χ0v) is 13.3. The lowest BCUT2D eigenvalue weighted by atomic mass is 10.1. The lowest BCUT2D eigenvalue weighted by Gasteiger charge is -2.04. The number of nitrogens with zero attached hydrogens (tertiary/aromatic N) is 1. The number of thiazole rings is 1. The second-order valence-corrected chi connectivity index (χ2v) is 6.41. The Morgan fingerprint density at radius 1 is 1.47 bits per heavy atom. The number of aromatic nitrogens is 1. The maximum Gasteiger partial charge on any atom is 0.350 e. The van der Waals surface area contributed by atoms with Gasteiger partial charge in [0.25, 0.3) is 0 Å². The fraction of sp³-hybridized carbons (Fsp3) is 0.231. The van der Waals surface area contributed by atoms with E-state index in [1.807, 2.05) is 24.3 Å². The van der Waals surface area contributed by atoms with Crippen LogP contribution in [0, 0.1) is 0 Å². The summed E-state index contributed by atoms with van der Waals surface area (Å²) >= 11 is 10.7. The Kier molecular flexibility index (Phi) is 4.96. The maximum atomic E-state index is 11.8. The van der Waals surface area contributed by atoms with Gasteiger partial charge >= 0.3 is 5.97 Å². The molecule has 2 aromatic rings. The minimum atomic E-state index is -0.340. The van der Waals surface area contributed by atoms with Crippen LogP contribution < -0.4 is 0 Å². The van der Waals surface area contributed by atoms with Gasteiger partial charge in [-0.05, 0) is 34.5 Å². The number of carbonyl (C=O) groups is 1. The van der Waals surface area contributed by atoms with Gasteiger partial charge in [-0.3, -0.25) is 0 Å². The van der Waals surface area contributed by atoms with E-state index in [4.69, 9.17) is 16.3 Å². The normalized spacial score (nSPS) is 10.5. The zero-order valence-electron chi connectivity index (χ0n) is 10.2. The van der Waals surface area contributed by atoms with E-state index in [-0.39, 0.29) is 5.97 Å². The highest BCUT2D eigenvalue weighted by Gasteiger charge is 2.19. The predicted molar refractivity (Wildman–Crippen MR) is 80.0 cm³/mol. The van der Waals surface area contributed by atoms with Crippen LogP contribution in [0.15, 0.2) is 28.2 Å². The van der Waals surface area contributed by atoms with Crippen LogP contribution in [0.1, 0.15) is 27.9 Å². The molecule has 100 valence electrons. The highest BCUT2D eigenvalue weighted by Crippen LogP contribution is 2.27. The number of hydrogen-bond acceptors (Lipinski definition) is 4. The third kappa shape index (κ3) is 3.55. The van der Waals surface area contributed by atoms with Crippen molar-refractivity contribution < 1.29 is 9.53 Å². The van der Waals surface area contributed by atoms with Crippen LogP contribution in [-0.2, 0) is 11.2 Å². The first kappa shape index (κ1) is 14.5. The van der Waals surface area contributed by atoms with Crippen molar-refractivity contribution in [1.82, 2.24) is 4.98 Å². The van der Waals surface area contributed by atoms with Crippen molar-refractivity contribution in [3.05, 3.63) is 49.3 Å². The summed E-state index contributed by atoms with van der Waals surface area (Å²) in [6.45, 7) is 2.13. The molecule has 0 bridgehead atoms. The first-order valence-corrected chi connectivity index (χ1v) is 7.66. The lowest BCUT2D eigenvalue weighted by molar-refractivity contribution is 0.0530. The number of esters is 1. The Hall–Kier alpha value is -0.910. The number of rotatable bonds is 4. The van der Waals surface area contributed by atoms with E-state index in [1.54, 1.807) is 6.92 Å². The van der Waals surface area contributed by atoms with Crippen LogP contribution in [0.5, 0.6) is 0 Å². The second-order valence-electron chi connectivity index (χ2n) is 3.73. The number of ether oxygens (including phenoxy) is 1. The van der Waals surface area contributed by atoms with Crippen LogP contribution in [0.4, 0.5) is 0 Å². The molecule has 0 atom stereocenters. The molecule has 0 aliphatic carbocycles. The van der Waals surface area contributed by atoms with Crippen molar-refractivity contribution in [1.29, 1.82) is 0 Å². The molecule has 19 heavy (non-hydrogen) atoms. The van der Waals surface area contributed by atoms with E-state index < -0.39 is 0 Å². The number of hydrogen-bond donors (Lipinski definition) is 0. The van der Waals surface area contributed by atoms with Crippen LogP contribution in [0.25, 0.3) is 0 Å². The molecule has 0 saturated carbocycles. The second kappa shape index (κ2) is 6.50. The first-order valence-electron chi connectivity index (χ1n) is 5.67. The van der Waals surface area contributed by atoms with Gasteiger partial charge in [0.05, 0.1) is 12.3 Å². The smallest absolute Gasteiger partial charge is 0.350 e.